The number of aliphatic hydroxyl groups is 1. The van der Waals surface area contributed by atoms with Crippen molar-refractivity contribution < 1.29 is 57.9 Å². The van der Waals surface area contributed by atoms with Crippen LogP contribution in [0.15, 0.2) is 24.3 Å². The van der Waals surface area contributed by atoms with E-state index in [4.69, 9.17) is 23.7 Å². The molecule has 46 heavy (non-hydrogen) atoms. The molecule has 4 rings (SSSR count). The van der Waals surface area contributed by atoms with Crippen molar-refractivity contribution in [2.45, 2.75) is 64.6 Å². The summed E-state index contributed by atoms with van der Waals surface area (Å²) < 4.78 is 27.8. The van der Waals surface area contributed by atoms with Gasteiger partial charge in [-0.25, -0.2) is 9.59 Å². The van der Waals surface area contributed by atoms with Gasteiger partial charge >= 0.3 is 12.1 Å². The number of hydrogen-bond donors (Lipinski definition) is 6. The summed E-state index contributed by atoms with van der Waals surface area (Å²) in [5.74, 6) is -1.21. The van der Waals surface area contributed by atoms with Gasteiger partial charge in [0.1, 0.15) is 12.4 Å². The summed E-state index contributed by atoms with van der Waals surface area (Å²) in [5, 5.41) is 29.6. The van der Waals surface area contributed by atoms with Gasteiger partial charge in [-0.1, -0.05) is 13.0 Å². The molecule has 2 aromatic rings. The minimum atomic E-state index is -1.28. The molecule has 2 aliphatic heterocycles. The summed E-state index contributed by atoms with van der Waals surface area (Å²) in [7, 11) is 0. The highest BCUT2D eigenvalue weighted by molar-refractivity contribution is 5.93. The number of aliphatic hydroxyl groups excluding tert-OH is 1. The van der Waals surface area contributed by atoms with E-state index in [0.717, 1.165) is 11.1 Å². The molecule has 0 bridgehead atoms. The SMILES string of the molecule is CCc1c(C)cc2c(c1NC(=O)OCc1ccc(OC3CC(O)CC(C(=O)O)O3)c(NC(=O)CCNC(=O)CNC=O)c1)OCO2. The zero-order valence-electron chi connectivity index (χ0n) is 25.3. The van der Waals surface area contributed by atoms with Crippen molar-refractivity contribution >= 4 is 41.7 Å². The fourth-order valence-electron chi connectivity index (χ4n) is 4.91. The van der Waals surface area contributed by atoms with Crippen LogP contribution in [0.1, 0.15) is 42.9 Å². The highest BCUT2D eigenvalue weighted by atomic mass is 16.7. The third-order valence-corrected chi connectivity index (χ3v) is 7.08. The Morgan fingerprint density at radius 3 is 2.63 bits per heavy atom. The Morgan fingerprint density at radius 1 is 1.09 bits per heavy atom. The van der Waals surface area contributed by atoms with Gasteiger partial charge in [-0.15, -0.1) is 0 Å². The van der Waals surface area contributed by atoms with Crippen LogP contribution < -0.4 is 35.5 Å². The van der Waals surface area contributed by atoms with E-state index in [1.165, 1.54) is 12.1 Å². The second-order valence-corrected chi connectivity index (χ2v) is 10.4. The van der Waals surface area contributed by atoms with Crippen LogP contribution in [-0.4, -0.2) is 78.9 Å². The maximum atomic E-state index is 12.8. The van der Waals surface area contributed by atoms with Crippen molar-refractivity contribution in [3.05, 3.63) is 41.0 Å². The molecule has 0 saturated carbocycles. The smallest absolute Gasteiger partial charge is 0.412 e. The van der Waals surface area contributed by atoms with Crippen LogP contribution in [0.4, 0.5) is 16.2 Å². The zero-order valence-corrected chi connectivity index (χ0v) is 25.3. The standard InChI is InChI=1S/C30H36N4O12/c1-3-19-16(2)8-22-28(44-15-43-22)27(19)34-30(41)42-13-17-4-5-21(45-26-11-18(36)10-23(46-26)29(39)40)20(9-17)33-24(37)6-7-32-25(38)12-31-14-35/h4-5,8-9,14,18,23,26,36H,3,6-7,10-13,15H2,1-2H3,(H,31,35)(H,32,38)(H,33,37)(H,34,41)(H,39,40). The van der Waals surface area contributed by atoms with Crippen LogP contribution in [0.5, 0.6) is 17.2 Å². The normalized spacial score (nSPS) is 18.2. The molecule has 3 unspecified atom stereocenters. The molecule has 6 N–H and O–H groups in total. The van der Waals surface area contributed by atoms with Crippen molar-refractivity contribution in [1.82, 2.24) is 10.6 Å². The van der Waals surface area contributed by atoms with E-state index in [1.807, 2.05) is 19.9 Å². The van der Waals surface area contributed by atoms with Crippen LogP contribution >= 0.6 is 0 Å². The molecular formula is C30H36N4O12. The number of carboxylic acid groups (broad SMARTS) is 1. The van der Waals surface area contributed by atoms with Gasteiger partial charge in [0.25, 0.3) is 0 Å². The molecule has 16 nitrogen and oxygen atoms in total. The van der Waals surface area contributed by atoms with E-state index < -0.39 is 42.4 Å². The number of carbonyl (C=O) groups is 5. The Labute approximate surface area is 263 Å². The Balaban J connectivity index is 1.45. The average molecular weight is 645 g/mol. The zero-order chi connectivity index (χ0) is 33.2. The van der Waals surface area contributed by atoms with E-state index >= 15 is 0 Å². The lowest BCUT2D eigenvalue weighted by Crippen LogP contribution is -2.42. The lowest BCUT2D eigenvalue weighted by atomic mass is 10.0. The Bertz CT molecular complexity index is 1460. The first-order valence-electron chi connectivity index (χ1n) is 14.5. The number of aliphatic carboxylic acids is 1. The number of amides is 4. The van der Waals surface area contributed by atoms with E-state index in [0.29, 0.717) is 35.6 Å². The highest BCUT2D eigenvalue weighted by Crippen LogP contribution is 2.43. The van der Waals surface area contributed by atoms with E-state index in [1.54, 1.807) is 6.07 Å². The number of anilines is 2. The molecule has 248 valence electrons. The average Bonchev–Trinajstić information content (AvgIpc) is 3.48. The molecule has 2 aromatic carbocycles. The van der Waals surface area contributed by atoms with Gasteiger partial charge in [-0.05, 0) is 48.2 Å². The molecule has 0 aliphatic carbocycles. The number of nitrogens with one attached hydrogen (secondary N) is 4. The van der Waals surface area contributed by atoms with Crippen molar-refractivity contribution in [3.8, 4) is 17.2 Å². The van der Waals surface area contributed by atoms with Gasteiger partial charge in [0, 0.05) is 25.8 Å². The molecule has 0 aromatic heterocycles. The molecular weight excluding hydrogens is 608 g/mol. The number of carbonyl (C=O) groups excluding carboxylic acids is 4. The molecule has 2 heterocycles. The van der Waals surface area contributed by atoms with E-state index in [2.05, 4.69) is 21.3 Å². The summed E-state index contributed by atoms with van der Waals surface area (Å²) in [6.45, 7) is 3.40. The van der Waals surface area contributed by atoms with Crippen molar-refractivity contribution in [3.63, 3.8) is 0 Å². The second kappa shape index (κ2) is 15.8. The topological polar surface area (TPSA) is 220 Å². The molecule has 0 spiro atoms. The number of fused-ring (bicyclic) bond motifs is 1. The van der Waals surface area contributed by atoms with Crippen LogP contribution in [0, 0.1) is 6.92 Å². The maximum absolute atomic E-state index is 12.8. The first-order chi connectivity index (χ1) is 22.1. The minimum Gasteiger partial charge on any atom is -0.479 e. The number of ether oxygens (including phenoxy) is 5. The first kappa shape index (κ1) is 33.8. The van der Waals surface area contributed by atoms with Crippen LogP contribution in [0.25, 0.3) is 0 Å². The largest absolute Gasteiger partial charge is 0.479 e. The fourth-order valence-corrected chi connectivity index (χ4v) is 4.91. The monoisotopic (exact) mass is 644 g/mol. The lowest BCUT2D eigenvalue weighted by molar-refractivity contribution is -0.195. The number of aryl methyl sites for hydroxylation is 1. The minimum absolute atomic E-state index is 0.0137. The van der Waals surface area contributed by atoms with Crippen LogP contribution in [-0.2, 0) is 41.7 Å². The van der Waals surface area contributed by atoms with Crippen molar-refractivity contribution in [2.24, 2.45) is 0 Å². The van der Waals surface area contributed by atoms with E-state index in [-0.39, 0.29) is 57.2 Å². The fraction of sp³-hybridized carbons (Fsp3) is 0.433. The summed E-state index contributed by atoms with van der Waals surface area (Å²) in [6, 6.07) is 6.40. The molecule has 1 saturated heterocycles. The number of benzene rings is 2. The number of carboxylic acids is 1. The summed E-state index contributed by atoms with van der Waals surface area (Å²) in [5.41, 5.74) is 2.85. The maximum Gasteiger partial charge on any atom is 0.412 e. The quantitative estimate of drug-likeness (QED) is 0.161. The van der Waals surface area contributed by atoms with Gasteiger partial charge in [0.2, 0.25) is 31.3 Å². The predicted octanol–water partition coefficient (Wildman–Crippen LogP) is 1.56. The van der Waals surface area contributed by atoms with E-state index in [9.17, 15) is 34.2 Å². The van der Waals surface area contributed by atoms with Crippen molar-refractivity contribution in [1.29, 1.82) is 0 Å². The molecule has 16 heteroatoms. The van der Waals surface area contributed by atoms with Gasteiger partial charge in [0.15, 0.2) is 17.6 Å². The van der Waals surface area contributed by atoms with Crippen LogP contribution in [0.3, 0.4) is 0 Å². The summed E-state index contributed by atoms with van der Waals surface area (Å²) in [6.07, 6.45) is -3.41. The van der Waals surface area contributed by atoms with Gasteiger partial charge < -0.3 is 49.8 Å². The molecule has 3 atom stereocenters. The predicted molar refractivity (Wildman–Crippen MR) is 159 cm³/mol. The lowest BCUT2D eigenvalue weighted by Gasteiger charge is -2.31. The third kappa shape index (κ3) is 8.98. The Kier molecular flexibility index (Phi) is 11.6. The van der Waals surface area contributed by atoms with Gasteiger partial charge in [-0.2, -0.15) is 0 Å². The Hall–Kier alpha value is -5.09. The van der Waals surface area contributed by atoms with Gasteiger partial charge in [-0.3, -0.25) is 19.7 Å². The van der Waals surface area contributed by atoms with Crippen molar-refractivity contribution in [2.75, 3.05) is 30.5 Å². The van der Waals surface area contributed by atoms with Crippen LogP contribution in [0.2, 0.25) is 0 Å². The molecule has 1 fully saturated rings. The summed E-state index contributed by atoms with van der Waals surface area (Å²) in [4.78, 5) is 59.1. The Morgan fingerprint density at radius 2 is 1.89 bits per heavy atom. The second-order valence-electron chi connectivity index (χ2n) is 10.4. The first-order valence-corrected chi connectivity index (χ1v) is 14.5. The highest BCUT2D eigenvalue weighted by Gasteiger charge is 2.34. The molecule has 4 amide bonds. The summed E-state index contributed by atoms with van der Waals surface area (Å²) >= 11 is 0. The number of hydrogen-bond acceptors (Lipinski definition) is 11. The van der Waals surface area contributed by atoms with Gasteiger partial charge in [0.05, 0.1) is 24.0 Å². The third-order valence-electron chi connectivity index (χ3n) is 7.08. The molecule has 2 aliphatic rings. The number of rotatable bonds is 14. The molecule has 0 radical (unpaired) electrons.